The van der Waals surface area contributed by atoms with Gasteiger partial charge in [-0.15, -0.1) is 0 Å². The molecule has 1 aliphatic carbocycles. The van der Waals surface area contributed by atoms with Crippen LogP contribution in [0.3, 0.4) is 0 Å². The summed E-state index contributed by atoms with van der Waals surface area (Å²) in [4.78, 5) is 12.2. The second-order valence-corrected chi connectivity index (χ2v) is 5.44. The molecule has 3 N–H and O–H groups in total. The third kappa shape index (κ3) is 2.15. The topological polar surface area (TPSA) is 90.9 Å². The van der Waals surface area contributed by atoms with E-state index in [1.165, 1.54) is 19.9 Å². The Morgan fingerprint density at radius 3 is 2.59 bits per heavy atom. The van der Waals surface area contributed by atoms with Gasteiger partial charge in [0.1, 0.15) is 23.4 Å². The first-order valence-corrected chi connectivity index (χ1v) is 6.95. The van der Waals surface area contributed by atoms with E-state index in [4.69, 9.17) is 4.42 Å². The maximum Gasteiger partial charge on any atom is 0.193 e. The largest absolute Gasteiger partial charge is 0.512 e. The Kier molecular flexibility index (Phi) is 3.39. The van der Waals surface area contributed by atoms with Crippen molar-refractivity contribution in [1.29, 1.82) is 0 Å². The third-order valence-electron chi connectivity index (χ3n) is 3.76. The van der Waals surface area contributed by atoms with E-state index in [1.807, 2.05) is 6.07 Å². The quantitative estimate of drug-likeness (QED) is 0.670. The van der Waals surface area contributed by atoms with Crippen molar-refractivity contribution >= 4 is 16.5 Å². The lowest BCUT2D eigenvalue weighted by molar-refractivity contribution is 0.0165. The van der Waals surface area contributed by atoms with Crippen LogP contribution < -0.4 is 10.6 Å². The molecular formula is C17H16O5. The summed E-state index contributed by atoms with van der Waals surface area (Å²) in [6.45, 7) is 2.92. The molecule has 0 saturated carbocycles. The van der Waals surface area contributed by atoms with Crippen molar-refractivity contribution < 1.29 is 19.7 Å². The maximum atomic E-state index is 12.2. The molecule has 2 atom stereocenters. The number of aliphatic hydroxyl groups is 3. The van der Waals surface area contributed by atoms with Crippen molar-refractivity contribution in [2.75, 3.05) is 0 Å². The van der Waals surface area contributed by atoms with Gasteiger partial charge in [0.2, 0.25) is 0 Å². The van der Waals surface area contributed by atoms with Crippen LogP contribution in [0.1, 0.15) is 25.7 Å². The highest BCUT2D eigenvalue weighted by molar-refractivity contribution is 5.96. The highest BCUT2D eigenvalue weighted by atomic mass is 16.4. The molecule has 22 heavy (non-hydrogen) atoms. The van der Waals surface area contributed by atoms with Crippen molar-refractivity contribution in [2.45, 2.75) is 26.1 Å². The van der Waals surface area contributed by atoms with Gasteiger partial charge < -0.3 is 19.7 Å². The van der Waals surface area contributed by atoms with Gasteiger partial charge in [-0.05, 0) is 25.3 Å². The van der Waals surface area contributed by atoms with Gasteiger partial charge in [-0.1, -0.05) is 18.2 Å². The van der Waals surface area contributed by atoms with Crippen molar-refractivity contribution in [3.8, 4) is 11.3 Å². The average molecular weight is 300 g/mol. The molecule has 0 aromatic heterocycles. The number of rotatable bonds is 2. The summed E-state index contributed by atoms with van der Waals surface area (Å²) in [5, 5.41) is 30.9. The van der Waals surface area contributed by atoms with E-state index in [0.717, 1.165) is 5.39 Å². The Morgan fingerprint density at radius 2 is 1.95 bits per heavy atom. The second-order valence-electron chi connectivity index (χ2n) is 5.44. The van der Waals surface area contributed by atoms with Crippen molar-refractivity contribution in [1.82, 2.24) is 0 Å². The van der Waals surface area contributed by atoms with E-state index in [0.29, 0.717) is 16.7 Å². The lowest BCUT2D eigenvalue weighted by atomic mass is 9.96. The molecule has 3 rings (SSSR count). The molecule has 5 nitrogen and oxygen atoms in total. The zero-order valence-corrected chi connectivity index (χ0v) is 12.2. The molecule has 0 fully saturated rings. The van der Waals surface area contributed by atoms with Gasteiger partial charge in [0.15, 0.2) is 5.43 Å². The molecule has 1 aromatic carbocycles. The Labute approximate surface area is 126 Å². The van der Waals surface area contributed by atoms with Gasteiger partial charge in [0.25, 0.3) is 0 Å². The summed E-state index contributed by atoms with van der Waals surface area (Å²) < 4.78 is 5.60. The zero-order chi connectivity index (χ0) is 16.0. The molecule has 0 radical (unpaired) electrons. The molecule has 0 unspecified atom stereocenters. The van der Waals surface area contributed by atoms with Crippen molar-refractivity contribution in [3.63, 3.8) is 0 Å². The summed E-state index contributed by atoms with van der Waals surface area (Å²) in [7, 11) is 0. The monoisotopic (exact) mass is 300 g/mol. The number of hydrogen-bond donors (Lipinski definition) is 3. The summed E-state index contributed by atoms with van der Waals surface area (Å²) in [6, 6.07) is 8.26. The first-order chi connectivity index (χ1) is 10.4. The van der Waals surface area contributed by atoms with E-state index in [-0.39, 0.29) is 22.2 Å². The second kappa shape index (κ2) is 5.12. The highest BCUT2D eigenvalue weighted by Gasteiger charge is 2.22. The molecular weight excluding hydrogens is 284 g/mol. The molecule has 0 amide bonds. The summed E-state index contributed by atoms with van der Waals surface area (Å²) in [6.07, 6.45) is -2.17. The molecule has 1 aromatic rings. The molecule has 0 saturated heterocycles. The van der Waals surface area contributed by atoms with E-state index >= 15 is 0 Å². The molecule has 114 valence electrons. The molecule has 5 heteroatoms. The van der Waals surface area contributed by atoms with Gasteiger partial charge in [-0.25, -0.2) is 0 Å². The van der Waals surface area contributed by atoms with Crippen LogP contribution in [0, 0.1) is 0 Å². The zero-order valence-electron chi connectivity index (χ0n) is 12.2. The van der Waals surface area contributed by atoms with Gasteiger partial charge in [-0.2, -0.15) is 0 Å². The van der Waals surface area contributed by atoms with Crippen LogP contribution in [-0.2, 0) is 0 Å². The Morgan fingerprint density at radius 1 is 1.23 bits per heavy atom. The summed E-state index contributed by atoms with van der Waals surface area (Å²) >= 11 is 0. The molecule has 1 heterocycles. The normalized spacial score (nSPS) is 16.0. The third-order valence-corrected chi connectivity index (χ3v) is 3.76. The van der Waals surface area contributed by atoms with E-state index in [2.05, 4.69) is 0 Å². The fraction of sp³-hybridized carbons (Fsp3) is 0.235. The van der Waals surface area contributed by atoms with Crippen LogP contribution in [0.25, 0.3) is 27.9 Å². The van der Waals surface area contributed by atoms with Gasteiger partial charge >= 0.3 is 0 Å². The Hall–Kier alpha value is -2.37. The Bertz CT molecular complexity index is 918. The molecule has 0 bridgehead atoms. The highest BCUT2D eigenvalue weighted by Crippen LogP contribution is 2.33. The maximum absolute atomic E-state index is 12.2. The van der Waals surface area contributed by atoms with Crippen LogP contribution in [-0.4, -0.2) is 21.4 Å². The predicted octanol–water partition coefficient (Wildman–Crippen LogP) is 1.72. The lowest BCUT2D eigenvalue weighted by Crippen LogP contribution is -2.27. The molecule has 2 aliphatic rings. The van der Waals surface area contributed by atoms with Gasteiger partial charge in [-0.3, -0.25) is 4.79 Å². The lowest BCUT2D eigenvalue weighted by Gasteiger charge is -2.17. The minimum absolute atomic E-state index is 0.0486. The molecule has 0 spiro atoms. The van der Waals surface area contributed by atoms with E-state index in [9.17, 15) is 20.1 Å². The average Bonchev–Trinajstić information content (AvgIpc) is 2.45. The summed E-state index contributed by atoms with van der Waals surface area (Å²) in [5.41, 5.74) is 0.347. The van der Waals surface area contributed by atoms with E-state index < -0.39 is 12.2 Å². The van der Waals surface area contributed by atoms with Crippen LogP contribution in [0.2, 0.25) is 0 Å². The SMILES string of the molecule is CC(O)=c1c(=O)cc2oc([C@H](O)[C@@H](C)O)cc3cccc1c3-2. The Balaban J connectivity index is 2.47. The van der Waals surface area contributed by atoms with Gasteiger partial charge in [0.05, 0.1) is 11.3 Å². The standard InChI is InChI=1S/C17H16O5/c1-8(18)15-11-5-3-4-10-6-14(17(21)9(2)19)22-13(16(10)11)7-12(15)20/h3-7,9,17-19,21H,1-2H3/t9-,17-/m1/s1. The number of hydrogen-bond acceptors (Lipinski definition) is 5. The first-order valence-electron chi connectivity index (χ1n) is 6.95. The summed E-state index contributed by atoms with van der Waals surface area (Å²) in [5.74, 6) is 0.456. The van der Waals surface area contributed by atoms with Crippen LogP contribution in [0.4, 0.5) is 0 Å². The van der Waals surface area contributed by atoms with Crippen molar-refractivity contribution in [2.24, 2.45) is 0 Å². The van der Waals surface area contributed by atoms with Crippen molar-refractivity contribution in [3.05, 3.63) is 51.5 Å². The van der Waals surface area contributed by atoms with Crippen LogP contribution in [0.5, 0.6) is 0 Å². The minimum atomic E-state index is -1.18. The van der Waals surface area contributed by atoms with E-state index in [1.54, 1.807) is 18.2 Å². The fourth-order valence-corrected chi connectivity index (χ4v) is 2.72. The minimum Gasteiger partial charge on any atom is -0.512 e. The van der Waals surface area contributed by atoms with Crippen LogP contribution >= 0.6 is 0 Å². The number of aliphatic hydroxyl groups excluding tert-OH is 3. The van der Waals surface area contributed by atoms with Crippen LogP contribution in [0.15, 0.2) is 39.5 Å². The number of benzene rings is 2. The fourth-order valence-electron chi connectivity index (χ4n) is 2.72. The predicted molar refractivity (Wildman–Crippen MR) is 82.7 cm³/mol. The smallest absolute Gasteiger partial charge is 0.193 e. The molecule has 1 aliphatic heterocycles. The first kappa shape index (κ1) is 14.6. The van der Waals surface area contributed by atoms with Gasteiger partial charge in [0, 0.05) is 17.0 Å².